The predicted octanol–water partition coefficient (Wildman–Crippen LogP) is 3.35. The molecule has 0 atom stereocenters. The Morgan fingerprint density at radius 3 is 2.67 bits per heavy atom. The number of benzene rings is 1. The number of carbonyl (C=O) groups excluding carboxylic acids is 1. The van der Waals surface area contributed by atoms with Crippen LogP contribution in [0.4, 0.5) is 0 Å². The molecule has 21 heavy (non-hydrogen) atoms. The van der Waals surface area contributed by atoms with Crippen molar-refractivity contribution in [3.8, 4) is 5.75 Å². The van der Waals surface area contributed by atoms with Gasteiger partial charge in [-0.05, 0) is 25.1 Å². The molecule has 0 aliphatic heterocycles. The number of halogens is 2. The molecule has 1 amide bonds. The lowest BCUT2D eigenvalue weighted by Crippen LogP contribution is -2.23. The SMILES string of the molecule is CCCNCc1cc(Cl)cc(Cl)c1OCCC(=O)N(C)C. The lowest BCUT2D eigenvalue weighted by Gasteiger charge is -2.15. The van der Waals surface area contributed by atoms with Gasteiger partial charge in [0, 0.05) is 31.2 Å². The highest BCUT2D eigenvalue weighted by molar-refractivity contribution is 6.35. The maximum absolute atomic E-state index is 11.5. The summed E-state index contributed by atoms with van der Waals surface area (Å²) in [6.07, 6.45) is 1.36. The third-order valence-corrected chi connectivity index (χ3v) is 3.39. The van der Waals surface area contributed by atoms with Gasteiger partial charge in [-0.3, -0.25) is 4.79 Å². The minimum Gasteiger partial charge on any atom is -0.491 e. The first kappa shape index (κ1) is 18.1. The normalized spacial score (nSPS) is 10.5. The van der Waals surface area contributed by atoms with E-state index in [1.165, 1.54) is 4.90 Å². The first-order chi connectivity index (χ1) is 9.95. The molecule has 0 aliphatic carbocycles. The van der Waals surface area contributed by atoms with Crippen molar-refractivity contribution >= 4 is 29.1 Å². The summed E-state index contributed by atoms with van der Waals surface area (Å²) in [5.41, 5.74) is 0.901. The van der Waals surface area contributed by atoms with Gasteiger partial charge < -0.3 is 15.0 Å². The zero-order valence-electron chi connectivity index (χ0n) is 12.7. The second kappa shape index (κ2) is 9.13. The van der Waals surface area contributed by atoms with Crippen molar-refractivity contribution in [1.82, 2.24) is 10.2 Å². The van der Waals surface area contributed by atoms with Crippen molar-refractivity contribution in [2.75, 3.05) is 27.2 Å². The predicted molar refractivity (Wildman–Crippen MR) is 87.3 cm³/mol. The Bertz CT molecular complexity index is 479. The van der Waals surface area contributed by atoms with Crippen LogP contribution >= 0.6 is 23.2 Å². The van der Waals surface area contributed by atoms with E-state index >= 15 is 0 Å². The Morgan fingerprint density at radius 2 is 2.05 bits per heavy atom. The summed E-state index contributed by atoms with van der Waals surface area (Å²) < 4.78 is 5.70. The molecule has 1 aromatic carbocycles. The fraction of sp³-hybridized carbons (Fsp3) is 0.533. The lowest BCUT2D eigenvalue weighted by atomic mass is 10.2. The third kappa shape index (κ3) is 6.12. The second-order valence-corrected chi connectivity index (χ2v) is 5.78. The van der Waals surface area contributed by atoms with Gasteiger partial charge in [-0.2, -0.15) is 0 Å². The molecule has 0 saturated heterocycles. The number of amides is 1. The lowest BCUT2D eigenvalue weighted by molar-refractivity contribution is -0.129. The second-order valence-electron chi connectivity index (χ2n) is 4.94. The molecule has 1 aromatic rings. The summed E-state index contributed by atoms with van der Waals surface area (Å²) >= 11 is 12.2. The summed E-state index contributed by atoms with van der Waals surface area (Å²) in [6.45, 7) is 3.93. The van der Waals surface area contributed by atoms with E-state index in [9.17, 15) is 4.79 Å². The van der Waals surface area contributed by atoms with E-state index in [1.54, 1.807) is 20.2 Å². The van der Waals surface area contributed by atoms with Gasteiger partial charge in [-0.25, -0.2) is 0 Å². The Balaban J connectivity index is 2.72. The monoisotopic (exact) mass is 332 g/mol. The quantitative estimate of drug-likeness (QED) is 0.742. The van der Waals surface area contributed by atoms with Crippen molar-refractivity contribution in [2.24, 2.45) is 0 Å². The minimum absolute atomic E-state index is 0.0192. The average Bonchev–Trinajstić information content (AvgIpc) is 2.41. The Hall–Kier alpha value is -0.970. The summed E-state index contributed by atoms with van der Waals surface area (Å²) in [6, 6.07) is 3.48. The molecule has 0 heterocycles. The molecule has 0 bridgehead atoms. The molecule has 0 unspecified atom stereocenters. The van der Waals surface area contributed by atoms with Crippen LogP contribution in [0.15, 0.2) is 12.1 Å². The van der Waals surface area contributed by atoms with E-state index in [1.807, 2.05) is 6.07 Å². The van der Waals surface area contributed by atoms with Crippen molar-refractivity contribution in [2.45, 2.75) is 26.3 Å². The Kier molecular flexibility index (Phi) is 7.86. The molecule has 0 spiro atoms. The van der Waals surface area contributed by atoms with Gasteiger partial charge in [0.25, 0.3) is 0 Å². The van der Waals surface area contributed by atoms with Gasteiger partial charge >= 0.3 is 0 Å². The number of nitrogens with one attached hydrogen (secondary N) is 1. The number of ether oxygens (including phenoxy) is 1. The van der Waals surface area contributed by atoms with Gasteiger partial charge in [0.15, 0.2) is 0 Å². The number of nitrogens with zero attached hydrogens (tertiary/aromatic N) is 1. The van der Waals surface area contributed by atoms with E-state index in [0.717, 1.165) is 18.5 Å². The summed E-state index contributed by atoms with van der Waals surface area (Å²) in [5, 5.41) is 4.33. The van der Waals surface area contributed by atoms with Crippen molar-refractivity contribution in [3.63, 3.8) is 0 Å². The molecule has 0 aromatic heterocycles. The summed E-state index contributed by atoms with van der Waals surface area (Å²) in [7, 11) is 3.44. The molecular weight excluding hydrogens is 311 g/mol. The first-order valence-corrected chi connectivity index (χ1v) is 7.72. The number of carbonyl (C=O) groups is 1. The highest BCUT2D eigenvalue weighted by atomic mass is 35.5. The van der Waals surface area contributed by atoms with Crippen molar-refractivity contribution in [1.29, 1.82) is 0 Å². The molecule has 0 radical (unpaired) electrons. The van der Waals surface area contributed by atoms with E-state index in [4.69, 9.17) is 27.9 Å². The number of hydrogen-bond donors (Lipinski definition) is 1. The van der Waals surface area contributed by atoms with Crippen LogP contribution in [0.3, 0.4) is 0 Å². The van der Waals surface area contributed by atoms with Crippen LogP contribution in [-0.2, 0) is 11.3 Å². The Labute approximate surface area is 136 Å². The topological polar surface area (TPSA) is 41.6 Å². The smallest absolute Gasteiger partial charge is 0.225 e. The van der Waals surface area contributed by atoms with E-state index < -0.39 is 0 Å². The van der Waals surface area contributed by atoms with E-state index in [0.29, 0.717) is 35.4 Å². The molecule has 0 saturated carbocycles. The van der Waals surface area contributed by atoms with Crippen LogP contribution in [-0.4, -0.2) is 38.1 Å². The molecule has 6 heteroatoms. The highest BCUT2D eigenvalue weighted by Crippen LogP contribution is 2.32. The maximum Gasteiger partial charge on any atom is 0.225 e. The van der Waals surface area contributed by atoms with Gasteiger partial charge in [0.2, 0.25) is 5.91 Å². The van der Waals surface area contributed by atoms with Crippen molar-refractivity contribution < 1.29 is 9.53 Å². The summed E-state index contributed by atoms with van der Waals surface area (Å²) in [4.78, 5) is 13.1. The fourth-order valence-corrected chi connectivity index (χ4v) is 2.36. The zero-order chi connectivity index (χ0) is 15.8. The molecule has 0 aliphatic rings. The number of rotatable bonds is 8. The molecule has 0 fully saturated rings. The van der Waals surface area contributed by atoms with Crippen LogP contribution < -0.4 is 10.1 Å². The standard InChI is InChI=1S/C15H22Cl2N2O2/c1-4-6-18-10-11-8-12(16)9-13(17)15(11)21-7-5-14(20)19(2)3/h8-9,18H,4-7,10H2,1-3H3. The van der Waals surface area contributed by atoms with Gasteiger partial charge in [0.05, 0.1) is 18.1 Å². The van der Waals surface area contributed by atoms with Crippen LogP contribution in [0, 0.1) is 0 Å². The van der Waals surface area contributed by atoms with E-state index in [2.05, 4.69) is 12.2 Å². The minimum atomic E-state index is 0.0192. The first-order valence-electron chi connectivity index (χ1n) is 6.97. The molecule has 118 valence electrons. The molecule has 1 N–H and O–H groups in total. The molecular formula is C15H22Cl2N2O2. The fourth-order valence-electron chi connectivity index (χ4n) is 1.77. The Morgan fingerprint density at radius 1 is 1.33 bits per heavy atom. The van der Waals surface area contributed by atoms with Crippen LogP contribution in [0.2, 0.25) is 10.0 Å². The maximum atomic E-state index is 11.5. The van der Waals surface area contributed by atoms with Crippen LogP contribution in [0.25, 0.3) is 0 Å². The van der Waals surface area contributed by atoms with Gasteiger partial charge in [0.1, 0.15) is 5.75 Å². The van der Waals surface area contributed by atoms with Crippen LogP contribution in [0.1, 0.15) is 25.3 Å². The van der Waals surface area contributed by atoms with Gasteiger partial charge in [-0.1, -0.05) is 30.1 Å². The highest BCUT2D eigenvalue weighted by Gasteiger charge is 2.12. The average molecular weight is 333 g/mol. The number of hydrogen-bond acceptors (Lipinski definition) is 3. The zero-order valence-corrected chi connectivity index (χ0v) is 14.2. The van der Waals surface area contributed by atoms with E-state index in [-0.39, 0.29) is 5.91 Å². The van der Waals surface area contributed by atoms with Gasteiger partial charge in [-0.15, -0.1) is 0 Å². The molecule has 1 rings (SSSR count). The van der Waals surface area contributed by atoms with Crippen molar-refractivity contribution in [3.05, 3.63) is 27.7 Å². The molecule has 4 nitrogen and oxygen atoms in total. The summed E-state index contributed by atoms with van der Waals surface area (Å²) in [5.74, 6) is 0.613. The van der Waals surface area contributed by atoms with Crippen LogP contribution in [0.5, 0.6) is 5.75 Å². The largest absolute Gasteiger partial charge is 0.491 e. The third-order valence-electron chi connectivity index (χ3n) is 2.89.